The van der Waals surface area contributed by atoms with Crippen LogP contribution in [0.15, 0.2) is 47.4 Å². The molecular weight excluding hydrogens is 301 g/mol. The molecule has 3 nitrogen and oxygen atoms in total. The molecule has 0 saturated carbocycles. The average molecular weight is 321 g/mol. The predicted octanol–water partition coefficient (Wildman–Crippen LogP) is 4.23. The quantitative estimate of drug-likeness (QED) is 0.919. The number of nitrogens with one attached hydrogen (secondary N) is 1. The van der Waals surface area contributed by atoms with E-state index < -0.39 is 15.8 Å². The SMILES string of the molecule is Cc1ccc(C(C)(C)C)cc1S(=O)(=O)Nc1ccc(F)cc1. The van der Waals surface area contributed by atoms with Gasteiger partial charge in [-0.25, -0.2) is 12.8 Å². The van der Waals surface area contributed by atoms with Gasteiger partial charge in [-0.1, -0.05) is 32.9 Å². The van der Waals surface area contributed by atoms with Crippen molar-refractivity contribution in [3.8, 4) is 0 Å². The highest BCUT2D eigenvalue weighted by Gasteiger charge is 2.21. The number of aryl methyl sites for hydroxylation is 1. The van der Waals surface area contributed by atoms with Crippen LogP contribution in [0.2, 0.25) is 0 Å². The molecule has 2 rings (SSSR count). The summed E-state index contributed by atoms with van der Waals surface area (Å²) in [6.07, 6.45) is 0. The van der Waals surface area contributed by atoms with E-state index in [-0.39, 0.29) is 10.3 Å². The zero-order valence-corrected chi connectivity index (χ0v) is 14.0. The summed E-state index contributed by atoms with van der Waals surface area (Å²) >= 11 is 0. The molecule has 2 aromatic carbocycles. The molecule has 2 aromatic rings. The number of anilines is 1. The fourth-order valence-corrected chi connectivity index (χ4v) is 3.41. The van der Waals surface area contributed by atoms with Crippen molar-refractivity contribution in [3.63, 3.8) is 0 Å². The first-order chi connectivity index (χ1) is 10.1. The molecule has 0 aliphatic carbocycles. The Balaban J connectivity index is 2.43. The Morgan fingerprint density at radius 2 is 1.59 bits per heavy atom. The number of rotatable bonds is 3. The van der Waals surface area contributed by atoms with Crippen LogP contribution < -0.4 is 4.72 Å². The zero-order valence-electron chi connectivity index (χ0n) is 13.1. The topological polar surface area (TPSA) is 46.2 Å². The molecule has 5 heteroatoms. The van der Waals surface area contributed by atoms with Gasteiger partial charge >= 0.3 is 0 Å². The summed E-state index contributed by atoms with van der Waals surface area (Å²) in [4.78, 5) is 0.240. The van der Waals surface area contributed by atoms with Crippen molar-refractivity contribution in [1.29, 1.82) is 0 Å². The van der Waals surface area contributed by atoms with Gasteiger partial charge in [0.2, 0.25) is 0 Å². The molecule has 0 heterocycles. The van der Waals surface area contributed by atoms with Crippen molar-refractivity contribution in [3.05, 3.63) is 59.4 Å². The standard InChI is InChI=1S/C17H20FNO2S/c1-12-5-6-13(17(2,3)4)11-16(12)22(20,21)19-15-9-7-14(18)8-10-15/h5-11,19H,1-4H3. The van der Waals surface area contributed by atoms with Gasteiger partial charge in [-0.3, -0.25) is 4.72 Å². The second-order valence-corrected chi connectivity index (χ2v) is 7.99. The largest absolute Gasteiger partial charge is 0.280 e. The molecule has 1 N–H and O–H groups in total. The predicted molar refractivity (Wildman–Crippen MR) is 87.1 cm³/mol. The molecule has 0 atom stereocenters. The smallest absolute Gasteiger partial charge is 0.262 e. The lowest BCUT2D eigenvalue weighted by Crippen LogP contribution is -2.17. The van der Waals surface area contributed by atoms with Crippen molar-refractivity contribution >= 4 is 15.7 Å². The van der Waals surface area contributed by atoms with Crippen LogP contribution in [0, 0.1) is 12.7 Å². The third-order valence-corrected chi connectivity index (χ3v) is 4.96. The summed E-state index contributed by atoms with van der Waals surface area (Å²) in [5.41, 5.74) is 1.80. The molecule has 22 heavy (non-hydrogen) atoms. The number of benzene rings is 2. The maximum atomic E-state index is 12.9. The van der Waals surface area contributed by atoms with Gasteiger partial charge in [0.25, 0.3) is 10.0 Å². The van der Waals surface area contributed by atoms with Crippen LogP contribution in [-0.4, -0.2) is 8.42 Å². The van der Waals surface area contributed by atoms with Gasteiger partial charge in [-0.2, -0.15) is 0 Å². The highest BCUT2D eigenvalue weighted by molar-refractivity contribution is 7.92. The minimum atomic E-state index is -3.71. The molecule has 0 unspecified atom stereocenters. The van der Waals surface area contributed by atoms with Gasteiger partial charge in [-0.05, 0) is 53.8 Å². The lowest BCUT2D eigenvalue weighted by Gasteiger charge is -2.21. The number of halogens is 1. The normalized spacial score (nSPS) is 12.2. The van der Waals surface area contributed by atoms with Gasteiger partial charge in [0.05, 0.1) is 4.90 Å². The van der Waals surface area contributed by atoms with Crippen molar-refractivity contribution in [2.75, 3.05) is 4.72 Å². The summed E-state index contributed by atoms with van der Waals surface area (Å²) in [5, 5.41) is 0. The van der Waals surface area contributed by atoms with Crippen LogP contribution in [0.1, 0.15) is 31.9 Å². The minimum Gasteiger partial charge on any atom is -0.280 e. The second-order valence-electron chi connectivity index (χ2n) is 6.34. The van der Waals surface area contributed by atoms with Crippen LogP contribution in [0.5, 0.6) is 0 Å². The van der Waals surface area contributed by atoms with Crippen LogP contribution in [0.4, 0.5) is 10.1 Å². The molecule has 0 bridgehead atoms. The number of hydrogen-bond donors (Lipinski definition) is 1. The van der Waals surface area contributed by atoms with E-state index in [1.165, 1.54) is 24.3 Å². The van der Waals surface area contributed by atoms with Gasteiger partial charge in [0, 0.05) is 5.69 Å². The lowest BCUT2D eigenvalue weighted by atomic mass is 9.87. The first-order valence-corrected chi connectivity index (χ1v) is 8.47. The van der Waals surface area contributed by atoms with Crippen molar-refractivity contribution in [2.24, 2.45) is 0 Å². The number of sulfonamides is 1. The molecular formula is C17H20FNO2S. The molecule has 0 aromatic heterocycles. The van der Waals surface area contributed by atoms with Gasteiger partial charge in [-0.15, -0.1) is 0 Å². The van der Waals surface area contributed by atoms with Crippen LogP contribution in [0.3, 0.4) is 0 Å². The second kappa shape index (κ2) is 5.72. The Morgan fingerprint density at radius 1 is 1.00 bits per heavy atom. The van der Waals surface area contributed by atoms with E-state index in [2.05, 4.69) is 4.72 Å². The fourth-order valence-electron chi connectivity index (χ4n) is 2.08. The molecule has 0 spiro atoms. The summed E-state index contributed by atoms with van der Waals surface area (Å²) in [6.45, 7) is 7.84. The van der Waals surface area contributed by atoms with Crippen LogP contribution >= 0.6 is 0 Å². The monoisotopic (exact) mass is 321 g/mol. The Morgan fingerprint density at radius 3 is 2.14 bits per heavy atom. The molecule has 0 aliphatic rings. The summed E-state index contributed by atoms with van der Waals surface area (Å²) in [5.74, 6) is -0.408. The van der Waals surface area contributed by atoms with E-state index >= 15 is 0 Å². The number of hydrogen-bond acceptors (Lipinski definition) is 2. The lowest BCUT2D eigenvalue weighted by molar-refractivity contribution is 0.584. The van der Waals surface area contributed by atoms with Gasteiger partial charge in [0.1, 0.15) is 5.82 Å². The highest BCUT2D eigenvalue weighted by Crippen LogP contribution is 2.27. The van der Waals surface area contributed by atoms with Crippen LogP contribution in [-0.2, 0) is 15.4 Å². The molecule has 0 fully saturated rings. The van der Waals surface area contributed by atoms with E-state index in [9.17, 15) is 12.8 Å². The third kappa shape index (κ3) is 3.65. The van der Waals surface area contributed by atoms with Crippen LogP contribution in [0.25, 0.3) is 0 Å². The minimum absolute atomic E-state index is 0.145. The van der Waals surface area contributed by atoms with Crippen molar-refractivity contribution in [2.45, 2.75) is 38.0 Å². The van der Waals surface area contributed by atoms with E-state index in [0.29, 0.717) is 11.3 Å². The summed E-state index contributed by atoms with van der Waals surface area (Å²) in [6, 6.07) is 10.7. The highest BCUT2D eigenvalue weighted by atomic mass is 32.2. The maximum Gasteiger partial charge on any atom is 0.262 e. The van der Waals surface area contributed by atoms with Crippen molar-refractivity contribution < 1.29 is 12.8 Å². The van der Waals surface area contributed by atoms with E-state index in [0.717, 1.165) is 5.56 Å². The third-order valence-electron chi connectivity index (χ3n) is 3.44. The maximum absolute atomic E-state index is 12.9. The Hall–Kier alpha value is -1.88. The average Bonchev–Trinajstić information content (AvgIpc) is 2.40. The molecule has 118 valence electrons. The first-order valence-electron chi connectivity index (χ1n) is 6.99. The summed E-state index contributed by atoms with van der Waals surface area (Å²) < 4.78 is 40.6. The Labute approximate surface area is 131 Å². The molecule has 0 aliphatic heterocycles. The van der Waals surface area contributed by atoms with E-state index in [1.54, 1.807) is 19.1 Å². The zero-order chi connectivity index (χ0) is 16.5. The Bertz CT molecular complexity index is 775. The van der Waals surface area contributed by atoms with E-state index in [1.807, 2.05) is 26.8 Å². The Kier molecular flexibility index (Phi) is 4.29. The van der Waals surface area contributed by atoms with E-state index in [4.69, 9.17) is 0 Å². The fraction of sp³-hybridized carbons (Fsp3) is 0.294. The van der Waals surface area contributed by atoms with Gasteiger partial charge in [0.15, 0.2) is 0 Å². The van der Waals surface area contributed by atoms with Gasteiger partial charge < -0.3 is 0 Å². The molecule has 0 amide bonds. The summed E-state index contributed by atoms with van der Waals surface area (Å²) in [7, 11) is -3.71. The molecule has 0 saturated heterocycles. The molecule has 0 radical (unpaired) electrons. The van der Waals surface area contributed by atoms with Crippen molar-refractivity contribution in [1.82, 2.24) is 0 Å². The first kappa shape index (κ1) is 16.5.